The van der Waals surface area contributed by atoms with Crippen LogP contribution in [0.4, 0.5) is 0 Å². The number of benzene rings is 1. The smallest absolute Gasteiger partial charge is 0.146 e. The van der Waals surface area contributed by atoms with Crippen molar-refractivity contribution in [3.05, 3.63) is 35.9 Å². The Morgan fingerprint density at radius 2 is 1.74 bits per heavy atom. The van der Waals surface area contributed by atoms with Gasteiger partial charge in [0.25, 0.3) is 0 Å². The van der Waals surface area contributed by atoms with Crippen LogP contribution in [0.5, 0.6) is 0 Å². The monoisotopic (exact) mass is 316 g/mol. The zero-order valence-electron chi connectivity index (χ0n) is 14.6. The molecule has 2 saturated heterocycles. The summed E-state index contributed by atoms with van der Waals surface area (Å²) in [5.74, 6) is 0.0249. The highest BCUT2D eigenvalue weighted by Gasteiger charge is 2.54. The van der Waals surface area contributed by atoms with E-state index >= 15 is 0 Å². The molecule has 2 heterocycles. The average molecular weight is 316 g/mol. The normalized spacial score (nSPS) is 34.6. The molecule has 2 aliphatic heterocycles. The molecule has 1 aromatic rings. The molecule has 3 rings (SSSR count). The van der Waals surface area contributed by atoms with E-state index in [-0.39, 0.29) is 24.2 Å². The zero-order valence-corrected chi connectivity index (χ0v) is 14.6. The Labute approximate surface area is 139 Å². The second kappa shape index (κ2) is 6.37. The number of carbonyl (C=O) groups excluding carboxylic acids is 1. The van der Waals surface area contributed by atoms with Crippen LogP contribution in [0.25, 0.3) is 0 Å². The van der Waals surface area contributed by atoms with Crippen molar-refractivity contribution < 1.29 is 14.4 Å². The molecule has 2 bridgehead atoms. The molecule has 3 nitrogen and oxygen atoms in total. The summed E-state index contributed by atoms with van der Waals surface area (Å²) >= 11 is 0. The highest BCUT2D eigenvalue weighted by Crippen LogP contribution is 2.46. The van der Waals surface area contributed by atoms with Crippen molar-refractivity contribution in [1.29, 1.82) is 0 Å². The number of Topliss-reactive ketones (excluding diaryl/α,β-unsaturated/α-hetero) is 1. The fourth-order valence-electron chi connectivity index (χ4n) is 5.09. The van der Waals surface area contributed by atoms with E-state index in [0.29, 0.717) is 18.1 Å². The Morgan fingerprint density at radius 3 is 2.22 bits per heavy atom. The van der Waals surface area contributed by atoms with Crippen LogP contribution in [0.2, 0.25) is 0 Å². The predicted molar refractivity (Wildman–Crippen MR) is 92.1 cm³/mol. The quantitative estimate of drug-likeness (QED) is 0.848. The Morgan fingerprint density at radius 1 is 1.17 bits per heavy atom. The number of nitrogens with zero attached hydrogens (tertiary/aromatic N) is 1. The lowest BCUT2D eigenvalue weighted by Crippen LogP contribution is -2.62. The minimum absolute atomic E-state index is 0.0784. The van der Waals surface area contributed by atoms with Gasteiger partial charge in [-0.25, -0.2) is 0 Å². The summed E-state index contributed by atoms with van der Waals surface area (Å²) in [6, 6.07) is 11.6. The number of aliphatic hydroxyl groups excluding tert-OH is 1. The third-order valence-electron chi connectivity index (χ3n) is 6.76. The van der Waals surface area contributed by atoms with Crippen molar-refractivity contribution in [3.63, 3.8) is 0 Å². The molecule has 2 aliphatic rings. The molecule has 2 fully saturated rings. The second-order valence-corrected chi connectivity index (χ2v) is 7.92. The summed E-state index contributed by atoms with van der Waals surface area (Å²) in [5, 5.41) is 9.79. The third-order valence-corrected chi connectivity index (χ3v) is 6.76. The van der Waals surface area contributed by atoms with Gasteiger partial charge in [0.15, 0.2) is 0 Å². The number of fused-ring (bicyclic) bond motifs is 2. The van der Waals surface area contributed by atoms with Crippen LogP contribution in [0.1, 0.15) is 51.0 Å². The molecule has 0 spiro atoms. The van der Waals surface area contributed by atoms with Crippen molar-refractivity contribution >= 4 is 5.78 Å². The lowest BCUT2D eigenvalue weighted by Gasteiger charge is -2.50. The highest BCUT2D eigenvalue weighted by molar-refractivity contribution is 5.88. The maximum Gasteiger partial charge on any atom is 0.146 e. The lowest BCUT2D eigenvalue weighted by atomic mass is 9.79. The fourth-order valence-corrected chi connectivity index (χ4v) is 5.09. The first-order chi connectivity index (χ1) is 11.0. The van der Waals surface area contributed by atoms with Gasteiger partial charge in [-0.15, -0.1) is 0 Å². The highest BCUT2D eigenvalue weighted by atomic mass is 16.3. The first kappa shape index (κ1) is 16.7. The molecular formula is C20H30NO2+. The van der Waals surface area contributed by atoms with Gasteiger partial charge in [0.05, 0.1) is 37.7 Å². The molecule has 0 amide bonds. The van der Waals surface area contributed by atoms with E-state index in [1.165, 1.54) is 12.8 Å². The van der Waals surface area contributed by atoms with Gasteiger partial charge in [0.2, 0.25) is 0 Å². The van der Waals surface area contributed by atoms with E-state index in [1.807, 2.05) is 30.3 Å². The van der Waals surface area contributed by atoms with E-state index in [0.717, 1.165) is 22.9 Å². The lowest BCUT2D eigenvalue weighted by molar-refractivity contribution is -0.968. The maximum atomic E-state index is 13.1. The van der Waals surface area contributed by atoms with Crippen LogP contribution in [0.15, 0.2) is 30.3 Å². The van der Waals surface area contributed by atoms with Crippen LogP contribution in [-0.2, 0) is 4.79 Å². The summed E-state index contributed by atoms with van der Waals surface area (Å²) in [6.45, 7) is 4.55. The number of rotatable bonds is 5. The Kier molecular flexibility index (Phi) is 4.61. The van der Waals surface area contributed by atoms with E-state index in [2.05, 4.69) is 20.9 Å². The topological polar surface area (TPSA) is 37.3 Å². The molecule has 0 unspecified atom stereocenters. The SMILES string of the molecule is CC(C)[N+]1(C)[C@H]2CC[C@H]1CC(C(=O)[C@@H](CO)c1ccccc1)C2. The minimum atomic E-state index is -0.350. The van der Waals surface area contributed by atoms with Crippen molar-refractivity contribution in [3.8, 4) is 0 Å². The second-order valence-electron chi connectivity index (χ2n) is 7.92. The summed E-state index contributed by atoms with van der Waals surface area (Å²) in [4.78, 5) is 13.1. The Balaban J connectivity index is 1.78. The van der Waals surface area contributed by atoms with E-state index < -0.39 is 0 Å². The number of hydrogen-bond acceptors (Lipinski definition) is 2. The predicted octanol–water partition coefficient (Wildman–Crippen LogP) is 3.13. The Hall–Kier alpha value is -1.19. The van der Waals surface area contributed by atoms with E-state index in [4.69, 9.17) is 0 Å². The summed E-state index contributed by atoms with van der Waals surface area (Å²) in [5.41, 5.74) is 0.957. The van der Waals surface area contributed by atoms with Gasteiger partial charge in [-0.05, 0) is 19.4 Å². The van der Waals surface area contributed by atoms with Gasteiger partial charge in [-0.1, -0.05) is 30.3 Å². The molecule has 1 N–H and O–H groups in total. The van der Waals surface area contributed by atoms with Gasteiger partial charge in [0, 0.05) is 31.6 Å². The van der Waals surface area contributed by atoms with Crippen LogP contribution in [0, 0.1) is 5.92 Å². The zero-order chi connectivity index (χ0) is 16.6. The van der Waals surface area contributed by atoms with Gasteiger partial charge in [-0.2, -0.15) is 0 Å². The summed E-state index contributed by atoms with van der Waals surface area (Å²) < 4.78 is 1.14. The molecule has 23 heavy (non-hydrogen) atoms. The fraction of sp³-hybridized carbons (Fsp3) is 0.650. The van der Waals surface area contributed by atoms with Crippen LogP contribution < -0.4 is 0 Å². The van der Waals surface area contributed by atoms with Gasteiger partial charge in [0.1, 0.15) is 5.78 Å². The standard InChI is InChI=1S/C20H30NO2/c1-14(2)21(3)17-9-10-18(21)12-16(11-17)20(23)19(13-22)15-7-5-4-6-8-15/h4-8,14,16-19,22H,9-13H2,1-3H3/q+1/t16?,17-,18-,19-,21?/m0/s1. The number of carbonyl (C=O) groups is 1. The number of quaternary nitrogens is 1. The number of ketones is 1. The molecule has 0 saturated carbocycles. The maximum absolute atomic E-state index is 13.1. The molecule has 0 aliphatic carbocycles. The largest absolute Gasteiger partial charge is 0.395 e. The summed E-state index contributed by atoms with van der Waals surface area (Å²) in [7, 11) is 2.38. The van der Waals surface area contributed by atoms with Crippen LogP contribution in [0.3, 0.4) is 0 Å². The molecule has 1 aromatic carbocycles. The number of aliphatic hydroxyl groups is 1. The van der Waals surface area contributed by atoms with E-state index in [1.54, 1.807) is 0 Å². The molecule has 126 valence electrons. The number of hydrogen-bond donors (Lipinski definition) is 1. The molecule has 0 radical (unpaired) electrons. The van der Waals surface area contributed by atoms with Gasteiger partial charge < -0.3 is 9.59 Å². The molecular weight excluding hydrogens is 286 g/mol. The van der Waals surface area contributed by atoms with Crippen LogP contribution in [-0.4, -0.2) is 47.2 Å². The first-order valence-corrected chi connectivity index (χ1v) is 9.03. The Bertz CT molecular complexity index is 540. The third kappa shape index (κ3) is 2.74. The minimum Gasteiger partial charge on any atom is -0.395 e. The number of piperidine rings is 1. The summed E-state index contributed by atoms with van der Waals surface area (Å²) in [6.07, 6.45) is 4.48. The molecule has 0 aromatic heterocycles. The average Bonchev–Trinajstić information content (AvgIpc) is 2.75. The van der Waals surface area contributed by atoms with E-state index in [9.17, 15) is 9.90 Å². The molecule has 3 heteroatoms. The van der Waals surface area contributed by atoms with Crippen molar-refractivity contribution in [2.75, 3.05) is 13.7 Å². The van der Waals surface area contributed by atoms with Crippen molar-refractivity contribution in [2.45, 2.75) is 63.6 Å². The van der Waals surface area contributed by atoms with Gasteiger partial charge >= 0.3 is 0 Å². The first-order valence-electron chi connectivity index (χ1n) is 9.03. The molecule has 3 atom stereocenters. The van der Waals surface area contributed by atoms with Crippen LogP contribution >= 0.6 is 0 Å². The van der Waals surface area contributed by atoms with Gasteiger partial charge in [-0.3, -0.25) is 4.79 Å². The van der Waals surface area contributed by atoms with Crippen molar-refractivity contribution in [1.82, 2.24) is 0 Å². The van der Waals surface area contributed by atoms with Crippen molar-refractivity contribution in [2.24, 2.45) is 5.92 Å².